The van der Waals surface area contributed by atoms with E-state index in [0.29, 0.717) is 13.0 Å². The van der Waals surface area contributed by atoms with Crippen LogP contribution < -0.4 is 0 Å². The van der Waals surface area contributed by atoms with Crippen molar-refractivity contribution in [3.63, 3.8) is 0 Å². The molecular formula is C14H22BrNO6. The van der Waals surface area contributed by atoms with Crippen LogP contribution in [0.5, 0.6) is 0 Å². The van der Waals surface area contributed by atoms with Gasteiger partial charge in [0, 0.05) is 19.0 Å². The number of esters is 2. The number of methoxy groups -OCH3 is 2. The highest BCUT2D eigenvalue weighted by molar-refractivity contribution is 9.10. The molecule has 8 heteroatoms. The first-order chi connectivity index (χ1) is 10.1. The zero-order valence-corrected chi connectivity index (χ0v) is 15.1. The van der Waals surface area contributed by atoms with Gasteiger partial charge in [0.2, 0.25) is 4.32 Å². The Hall–Kier alpha value is -1.31. The largest absolute Gasteiger partial charge is 0.468 e. The van der Waals surface area contributed by atoms with Crippen molar-refractivity contribution in [1.82, 2.24) is 4.90 Å². The first kappa shape index (κ1) is 18.7. The fourth-order valence-electron chi connectivity index (χ4n) is 2.29. The van der Waals surface area contributed by atoms with Crippen molar-refractivity contribution in [2.75, 3.05) is 27.3 Å². The Morgan fingerprint density at radius 2 is 1.59 bits per heavy atom. The Morgan fingerprint density at radius 1 is 1.09 bits per heavy atom. The lowest BCUT2D eigenvalue weighted by molar-refractivity contribution is -0.157. The summed E-state index contributed by atoms with van der Waals surface area (Å²) in [5.41, 5.74) is -0.606. The third-order valence-electron chi connectivity index (χ3n) is 3.37. The van der Waals surface area contributed by atoms with E-state index in [-0.39, 0.29) is 6.54 Å². The highest BCUT2D eigenvalue weighted by Gasteiger charge is 2.55. The van der Waals surface area contributed by atoms with E-state index in [4.69, 9.17) is 14.2 Å². The van der Waals surface area contributed by atoms with E-state index in [1.54, 1.807) is 20.8 Å². The third-order valence-corrected chi connectivity index (χ3v) is 4.66. The zero-order valence-electron chi connectivity index (χ0n) is 13.5. The van der Waals surface area contributed by atoms with Crippen molar-refractivity contribution in [3.8, 4) is 0 Å². The van der Waals surface area contributed by atoms with Crippen LogP contribution >= 0.6 is 15.9 Å². The second-order valence-electron chi connectivity index (χ2n) is 6.11. The molecule has 0 bridgehead atoms. The number of alkyl halides is 1. The molecule has 0 saturated carbocycles. The Balaban J connectivity index is 2.88. The van der Waals surface area contributed by atoms with E-state index >= 15 is 0 Å². The molecule has 1 amide bonds. The highest BCUT2D eigenvalue weighted by atomic mass is 79.9. The van der Waals surface area contributed by atoms with Crippen LogP contribution in [0, 0.1) is 5.92 Å². The van der Waals surface area contributed by atoms with Crippen LogP contribution in [0.25, 0.3) is 0 Å². The molecule has 126 valence electrons. The highest BCUT2D eigenvalue weighted by Crippen LogP contribution is 2.37. The Kier molecular flexibility index (Phi) is 5.83. The van der Waals surface area contributed by atoms with Gasteiger partial charge in [0.15, 0.2) is 0 Å². The van der Waals surface area contributed by atoms with Crippen LogP contribution in [0.15, 0.2) is 0 Å². The van der Waals surface area contributed by atoms with Crippen molar-refractivity contribution >= 4 is 34.0 Å². The molecule has 0 N–H and O–H groups in total. The number of carbonyl (C=O) groups is 3. The lowest BCUT2D eigenvalue weighted by atomic mass is 9.91. The second kappa shape index (κ2) is 6.85. The van der Waals surface area contributed by atoms with E-state index < -0.39 is 33.9 Å². The molecule has 1 fully saturated rings. The number of carbonyl (C=O) groups excluding carboxylic acids is 3. The number of hydrogen-bond donors (Lipinski definition) is 0. The molecule has 1 unspecified atom stereocenters. The van der Waals surface area contributed by atoms with Gasteiger partial charge in [0.05, 0.1) is 14.2 Å². The van der Waals surface area contributed by atoms with Crippen molar-refractivity contribution in [1.29, 1.82) is 0 Å². The van der Waals surface area contributed by atoms with Gasteiger partial charge in [-0.15, -0.1) is 0 Å². The van der Waals surface area contributed by atoms with E-state index in [2.05, 4.69) is 15.9 Å². The summed E-state index contributed by atoms with van der Waals surface area (Å²) < 4.78 is 13.1. The molecule has 22 heavy (non-hydrogen) atoms. The number of likely N-dealkylation sites (tertiary alicyclic amines) is 1. The molecule has 1 aliphatic rings. The number of ether oxygens (including phenoxy) is 3. The standard InChI is InChI=1S/C14H22BrNO6/c1-13(2,3)22-12(19)16-7-6-9(8-16)14(15,10(17)20-4)11(18)21-5/h9H,6-8H2,1-5H3. The van der Waals surface area contributed by atoms with Crippen LogP contribution in [-0.4, -0.2) is 60.2 Å². The summed E-state index contributed by atoms with van der Waals surface area (Å²) in [4.78, 5) is 37.6. The second-order valence-corrected chi connectivity index (χ2v) is 7.36. The number of hydrogen-bond acceptors (Lipinski definition) is 6. The van der Waals surface area contributed by atoms with Gasteiger partial charge in [-0.1, -0.05) is 15.9 Å². The topological polar surface area (TPSA) is 82.1 Å². The predicted molar refractivity (Wildman–Crippen MR) is 81.6 cm³/mol. The molecule has 1 heterocycles. The van der Waals surface area contributed by atoms with Gasteiger partial charge in [-0.2, -0.15) is 0 Å². The van der Waals surface area contributed by atoms with Crippen LogP contribution in [0.4, 0.5) is 4.79 Å². The van der Waals surface area contributed by atoms with Gasteiger partial charge < -0.3 is 19.1 Å². The number of rotatable bonds is 3. The Labute approximate surface area is 138 Å². The molecular weight excluding hydrogens is 358 g/mol. The Bertz CT molecular complexity index is 443. The van der Waals surface area contributed by atoms with Gasteiger partial charge in [-0.3, -0.25) is 0 Å². The molecule has 0 aromatic rings. The summed E-state index contributed by atoms with van der Waals surface area (Å²) in [6.07, 6.45) is -0.0195. The molecule has 1 saturated heterocycles. The average molecular weight is 380 g/mol. The summed E-state index contributed by atoms with van der Waals surface area (Å²) in [5.74, 6) is -1.94. The maximum absolute atomic E-state index is 12.1. The fourth-order valence-corrected chi connectivity index (χ4v) is 2.99. The average Bonchev–Trinajstić information content (AvgIpc) is 2.93. The van der Waals surface area contributed by atoms with Crippen LogP contribution in [0.3, 0.4) is 0 Å². The number of halogens is 1. The molecule has 1 atom stereocenters. The summed E-state index contributed by atoms with van der Waals surface area (Å²) in [5, 5.41) is 0. The predicted octanol–water partition coefficient (Wildman–Crippen LogP) is 1.72. The van der Waals surface area contributed by atoms with Crippen LogP contribution in [0.2, 0.25) is 0 Å². The van der Waals surface area contributed by atoms with E-state index in [1.807, 2.05) is 0 Å². The lowest BCUT2D eigenvalue weighted by Gasteiger charge is -2.28. The normalized spacial score (nSPS) is 18.8. The molecule has 0 spiro atoms. The molecule has 0 aromatic heterocycles. The molecule has 1 aliphatic heterocycles. The third kappa shape index (κ3) is 3.91. The molecule has 0 aromatic carbocycles. The maximum atomic E-state index is 12.1. The van der Waals surface area contributed by atoms with Crippen molar-refractivity contribution in [2.45, 2.75) is 37.1 Å². The van der Waals surface area contributed by atoms with Crippen molar-refractivity contribution in [3.05, 3.63) is 0 Å². The SMILES string of the molecule is COC(=O)C(Br)(C(=O)OC)C1CCN(C(=O)OC(C)(C)C)C1. The molecule has 7 nitrogen and oxygen atoms in total. The summed E-state index contributed by atoms with van der Waals surface area (Å²) in [6, 6.07) is 0. The first-order valence-electron chi connectivity index (χ1n) is 6.90. The summed E-state index contributed by atoms with van der Waals surface area (Å²) in [7, 11) is 2.39. The van der Waals surface area contributed by atoms with Crippen molar-refractivity contribution in [2.24, 2.45) is 5.92 Å². The van der Waals surface area contributed by atoms with E-state index in [0.717, 1.165) is 0 Å². The molecule has 1 rings (SSSR count). The first-order valence-corrected chi connectivity index (χ1v) is 7.69. The Morgan fingerprint density at radius 3 is 2.00 bits per heavy atom. The number of amides is 1. The van der Waals surface area contributed by atoms with Crippen LogP contribution in [0.1, 0.15) is 27.2 Å². The van der Waals surface area contributed by atoms with Gasteiger partial charge in [-0.25, -0.2) is 14.4 Å². The van der Waals surface area contributed by atoms with Gasteiger partial charge in [-0.05, 0) is 27.2 Å². The van der Waals surface area contributed by atoms with Gasteiger partial charge in [0.1, 0.15) is 5.60 Å². The minimum atomic E-state index is -1.62. The van der Waals surface area contributed by atoms with Crippen LogP contribution in [-0.2, 0) is 23.8 Å². The monoisotopic (exact) mass is 379 g/mol. The van der Waals surface area contributed by atoms with Gasteiger partial charge >= 0.3 is 18.0 Å². The minimum absolute atomic E-state index is 0.199. The molecule has 0 aliphatic carbocycles. The van der Waals surface area contributed by atoms with E-state index in [1.165, 1.54) is 19.1 Å². The smallest absolute Gasteiger partial charge is 0.410 e. The fraction of sp³-hybridized carbons (Fsp3) is 0.786. The quantitative estimate of drug-likeness (QED) is 0.321. The van der Waals surface area contributed by atoms with Crippen molar-refractivity contribution < 1.29 is 28.6 Å². The lowest BCUT2D eigenvalue weighted by Crippen LogP contribution is -2.50. The molecule has 0 radical (unpaired) electrons. The van der Waals surface area contributed by atoms with Gasteiger partial charge in [0.25, 0.3) is 0 Å². The summed E-state index contributed by atoms with van der Waals surface area (Å²) >= 11 is 3.17. The zero-order chi connectivity index (χ0) is 17.1. The summed E-state index contributed by atoms with van der Waals surface area (Å²) in [6.45, 7) is 5.91. The minimum Gasteiger partial charge on any atom is -0.468 e. The maximum Gasteiger partial charge on any atom is 0.410 e. The van der Waals surface area contributed by atoms with E-state index in [9.17, 15) is 14.4 Å². The number of nitrogens with zero attached hydrogens (tertiary/aromatic N) is 1.